The van der Waals surface area contributed by atoms with Gasteiger partial charge in [0, 0.05) is 6.42 Å². The number of hydrogen-bond donors (Lipinski definition) is 0. The van der Waals surface area contributed by atoms with Gasteiger partial charge in [0.25, 0.3) is 0 Å². The molecule has 1 unspecified atom stereocenters. The molecule has 0 heterocycles. The molecule has 1 atom stereocenters. The minimum absolute atomic E-state index is 0.419. The van der Waals surface area contributed by atoms with Crippen molar-refractivity contribution in [3.63, 3.8) is 0 Å². The Kier molecular flexibility index (Phi) is 5.10. The molecule has 0 aromatic heterocycles. The van der Waals surface area contributed by atoms with Gasteiger partial charge < -0.3 is 4.74 Å². The smallest absolute Gasteiger partial charge is 0.125 e. The van der Waals surface area contributed by atoms with Crippen LogP contribution in [0.2, 0.25) is 0 Å². The van der Waals surface area contributed by atoms with E-state index in [2.05, 4.69) is 44.7 Å². The summed E-state index contributed by atoms with van der Waals surface area (Å²) in [5.41, 5.74) is 3.79. The van der Waals surface area contributed by atoms with E-state index >= 15 is 0 Å². The average molecular weight is 230 g/mol. The van der Waals surface area contributed by atoms with Gasteiger partial charge in [0.2, 0.25) is 0 Å². The Hall–Kier alpha value is -1.42. The fraction of sp³-hybridized carbons (Fsp3) is 0.500. The van der Waals surface area contributed by atoms with Crippen LogP contribution in [-0.4, -0.2) is 6.61 Å². The van der Waals surface area contributed by atoms with Crippen LogP contribution in [0.1, 0.15) is 49.8 Å². The van der Waals surface area contributed by atoms with E-state index in [1.807, 2.05) is 13.8 Å². The summed E-state index contributed by atoms with van der Waals surface area (Å²) in [5.74, 6) is 7.57. The first-order chi connectivity index (χ1) is 8.10. The number of rotatable bonds is 4. The van der Waals surface area contributed by atoms with Crippen molar-refractivity contribution in [3.05, 3.63) is 28.8 Å². The monoisotopic (exact) mass is 230 g/mol. The van der Waals surface area contributed by atoms with Gasteiger partial charge in [-0.3, -0.25) is 0 Å². The van der Waals surface area contributed by atoms with Crippen LogP contribution >= 0.6 is 0 Å². The van der Waals surface area contributed by atoms with Crippen molar-refractivity contribution in [2.75, 3.05) is 6.61 Å². The van der Waals surface area contributed by atoms with Crippen LogP contribution in [0.4, 0.5) is 0 Å². The molecule has 0 aliphatic heterocycles. The molecule has 0 saturated heterocycles. The van der Waals surface area contributed by atoms with E-state index in [1.54, 1.807) is 0 Å². The van der Waals surface area contributed by atoms with Crippen molar-refractivity contribution in [2.24, 2.45) is 0 Å². The van der Waals surface area contributed by atoms with Gasteiger partial charge in [0.1, 0.15) is 5.75 Å². The molecular formula is C16H22O. The summed E-state index contributed by atoms with van der Waals surface area (Å²) in [6, 6.07) is 4.40. The summed E-state index contributed by atoms with van der Waals surface area (Å²) in [6.07, 6.45) is 0.888. The maximum atomic E-state index is 5.78. The third-order valence-electron chi connectivity index (χ3n) is 2.85. The number of aryl methyl sites for hydroxylation is 2. The predicted octanol–water partition coefficient (Wildman–Crippen LogP) is 4.22. The van der Waals surface area contributed by atoms with Gasteiger partial charge in [-0.15, -0.1) is 11.8 Å². The number of hydrogen-bond acceptors (Lipinski definition) is 1. The fourth-order valence-electron chi connectivity index (χ4n) is 2.06. The van der Waals surface area contributed by atoms with Crippen LogP contribution in [-0.2, 0) is 0 Å². The lowest BCUT2D eigenvalue weighted by atomic mass is 9.93. The standard InChI is InChI=1S/C16H22O/c1-6-8-9-13(4)15-11-12(3)10-14(5)16(15)17-7-2/h10-11,13H,7,9H2,1-5H3. The molecule has 0 fully saturated rings. The molecular weight excluding hydrogens is 208 g/mol. The Morgan fingerprint density at radius 3 is 2.59 bits per heavy atom. The van der Waals surface area contributed by atoms with Crippen LogP contribution in [0.15, 0.2) is 12.1 Å². The largest absolute Gasteiger partial charge is 0.493 e. The molecule has 0 N–H and O–H groups in total. The quantitative estimate of drug-likeness (QED) is 0.704. The summed E-state index contributed by atoms with van der Waals surface area (Å²) in [7, 11) is 0. The summed E-state index contributed by atoms with van der Waals surface area (Å²) < 4.78 is 5.78. The SMILES string of the molecule is CC#CCC(C)c1cc(C)cc(C)c1OCC. The summed E-state index contributed by atoms with van der Waals surface area (Å²) in [6.45, 7) is 11.1. The van der Waals surface area contributed by atoms with Crippen LogP contribution in [0.5, 0.6) is 5.75 Å². The van der Waals surface area contributed by atoms with Gasteiger partial charge >= 0.3 is 0 Å². The van der Waals surface area contributed by atoms with Crippen molar-refractivity contribution in [1.82, 2.24) is 0 Å². The van der Waals surface area contributed by atoms with Crippen LogP contribution in [0.3, 0.4) is 0 Å². The highest BCUT2D eigenvalue weighted by Crippen LogP contribution is 2.32. The van der Waals surface area contributed by atoms with Gasteiger partial charge in [-0.1, -0.05) is 24.6 Å². The molecule has 0 radical (unpaired) electrons. The molecule has 0 spiro atoms. The first-order valence-corrected chi connectivity index (χ1v) is 6.23. The van der Waals surface area contributed by atoms with E-state index in [9.17, 15) is 0 Å². The predicted molar refractivity (Wildman–Crippen MR) is 73.6 cm³/mol. The Labute approximate surface area is 105 Å². The van der Waals surface area contributed by atoms with E-state index in [-0.39, 0.29) is 0 Å². The number of benzene rings is 1. The van der Waals surface area contributed by atoms with E-state index in [1.165, 1.54) is 16.7 Å². The highest BCUT2D eigenvalue weighted by molar-refractivity contribution is 5.46. The van der Waals surface area contributed by atoms with Crippen LogP contribution in [0, 0.1) is 25.7 Å². The van der Waals surface area contributed by atoms with E-state index in [4.69, 9.17) is 4.74 Å². The molecule has 1 rings (SSSR count). The maximum absolute atomic E-state index is 5.78. The van der Waals surface area contributed by atoms with Gasteiger partial charge in [0.15, 0.2) is 0 Å². The normalized spacial score (nSPS) is 11.6. The Morgan fingerprint density at radius 1 is 1.29 bits per heavy atom. The van der Waals surface area contributed by atoms with Crippen molar-refractivity contribution < 1.29 is 4.74 Å². The highest BCUT2D eigenvalue weighted by atomic mass is 16.5. The molecule has 1 aromatic rings. The van der Waals surface area contributed by atoms with E-state index < -0.39 is 0 Å². The van der Waals surface area contributed by atoms with Crippen LogP contribution < -0.4 is 4.74 Å². The molecule has 0 aliphatic rings. The third-order valence-corrected chi connectivity index (χ3v) is 2.85. The lowest BCUT2D eigenvalue weighted by Gasteiger charge is -2.18. The van der Waals surface area contributed by atoms with Gasteiger partial charge in [-0.25, -0.2) is 0 Å². The molecule has 0 bridgehead atoms. The second-order valence-electron chi connectivity index (χ2n) is 4.47. The molecule has 0 aliphatic carbocycles. The zero-order valence-corrected chi connectivity index (χ0v) is 11.6. The summed E-state index contributed by atoms with van der Waals surface area (Å²) >= 11 is 0. The first kappa shape index (κ1) is 13.6. The zero-order valence-electron chi connectivity index (χ0n) is 11.6. The summed E-state index contributed by atoms with van der Waals surface area (Å²) in [4.78, 5) is 0. The Balaban J connectivity index is 3.13. The minimum atomic E-state index is 0.419. The van der Waals surface area contributed by atoms with E-state index in [0.29, 0.717) is 12.5 Å². The molecule has 1 heteroatoms. The lowest BCUT2D eigenvalue weighted by Crippen LogP contribution is -2.03. The second-order valence-corrected chi connectivity index (χ2v) is 4.47. The third kappa shape index (κ3) is 3.53. The molecule has 0 saturated carbocycles. The summed E-state index contributed by atoms with van der Waals surface area (Å²) in [5, 5.41) is 0. The zero-order chi connectivity index (χ0) is 12.8. The van der Waals surface area contributed by atoms with Gasteiger partial charge in [0.05, 0.1) is 6.61 Å². The average Bonchev–Trinajstić information content (AvgIpc) is 2.29. The molecule has 1 nitrogen and oxygen atoms in total. The van der Waals surface area contributed by atoms with Crippen molar-refractivity contribution in [1.29, 1.82) is 0 Å². The number of ether oxygens (including phenoxy) is 1. The maximum Gasteiger partial charge on any atom is 0.125 e. The topological polar surface area (TPSA) is 9.23 Å². The minimum Gasteiger partial charge on any atom is -0.493 e. The molecule has 92 valence electrons. The first-order valence-electron chi connectivity index (χ1n) is 6.23. The Bertz CT molecular complexity index is 435. The second kappa shape index (κ2) is 6.35. The molecule has 1 aromatic carbocycles. The van der Waals surface area contributed by atoms with Crippen LogP contribution in [0.25, 0.3) is 0 Å². The van der Waals surface area contributed by atoms with Crippen molar-refractivity contribution in [2.45, 2.75) is 47.0 Å². The molecule has 0 amide bonds. The van der Waals surface area contributed by atoms with Gasteiger partial charge in [-0.05, 0) is 44.7 Å². The van der Waals surface area contributed by atoms with E-state index in [0.717, 1.165) is 12.2 Å². The molecule has 17 heavy (non-hydrogen) atoms. The van der Waals surface area contributed by atoms with Gasteiger partial charge in [-0.2, -0.15) is 0 Å². The fourth-order valence-corrected chi connectivity index (χ4v) is 2.06. The highest BCUT2D eigenvalue weighted by Gasteiger charge is 2.13. The van der Waals surface area contributed by atoms with Crippen molar-refractivity contribution >= 4 is 0 Å². The Morgan fingerprint density at radius 2 is 2.00 bits per heavy atom. The van der Waals surface area contributed by atoms with Crippen molar-refractivity contribution in [3.8, 4) is 17.6 Å². The lowest BCUT2D eigenvalue weighted by molar-refractivity contribution is 0.332.